The molecule has 0 fully saturated rings. The van der Waals surface area contributed by atoms with E-state index < -0.39 is 6.61 Å². The molecule has 0 unspecified atom stereocenters. The largest absolute Gasteiger partial charge is 0.394 e. The molecule has 1 aromatic carbocycles. The Morgan fingerprint density at radius 2 is 1.50 bits per heavy atom. The summed E-state index contributed by atoms with van der Waals surface area (Å²) in [4.78, 5) is 10.8. The molecule has 0 saturated heterocycles. The summed E-state index contributed by atoms with van der Waals surface area (Å²) in [7, 11) is 0. The van der Waals surface area contributed by atoms with Crippen LogP contribution in [0.5, 0.6) is 0 Å². The summed E-state index contributed by atoms with van der Waals surface area (Å²) in [6.45, 7) is -0.663. The molecule has 1 aromatic rings. The first kappa shape index (κ1) is 12.8. The van der Waals surface area contributed by atoms with Crippen LogP contribution < -0.4 is 0 Å². The van der Waals surface area contributed by atoms with Crippen molar-refractivity contribution in [3.8, 4) is 0 Å². The van der Waals surface area contributed by atoms with Crippen LogP contribution in [-0.2, 0) is 0 Å². The summed E-state index contributed by atoms with van der Waals surface area (Å²) in [6, 6.07) is 8.72. The molecular weight excluding hydrogens is 184 g/mol. The summed E-state index contributed by atoms with van der Waals surface area (Å²) in [5, 5.41) is 23.7. The van der Waals surface area contributed by atoms with Crippen molar-refractivity contribution in [2.24, 2.45) is 0 Å². The molecule has 4 heteroatoms. The summed E-state index contributed by atoms with van der Waals surface area (Å²) in [6.07, 6.45) is 0. The first-order valence-electron chi connectivity index (χ1n) is 4.17. The molecule has 0 heterocycles. The second kappa shape index (κ2) is 8.37. The van der Waals surface area contributed by atoms with Gasteiger partial charge in [0.2, 0.25) is 0 Å². The average molecular weight is 198 g/mol. The van der Waals surface area contributed by atoms with E-state index in [0.717, 1.165) is 0 Å². The number of carbonyl (C=O) groups is 1. The van der Waals surface area contributed by atoms with Gasteiger partial charge in [0, 0.05) is 5.56 Å². The van der Waals surface area contributed by atoms with Crippen LogP contribution in [0.25, 0.3) is 0 Å². The summed E-state index contributed by atoms with van der Waals surface area (Å²) in [5.41, 5.74) is 0.560. The van der Waals surface area contributed by atoms with E-state index in [1.165, 1.54) is 0 Å². The zero-order chi connectivity index (χ0) is 10.8. The fourth-order valence-corrected chi connectivity index (χ4v) is 0.715. The van der Waals surface area contributed by atoms with Gasteiger partial charge in [0.05, 0.1) is 13.2 Å². The molecule has 0 amide bonds. The van der Waals surface area contributed by atoms with Gasteiger partial charge < -0.3 is 15.3 Å². The molecule has 0 aromatic heterocycles. The Labute approximate surface area is 82.4 Å². The summed E-state index contributed by atoms with van der Waals surface area (Å²) < 4.78 is 0. The molecule has 0 bridgehead atoms. The maximum Gasteiger partial charge on any atom is 0.188 e. The molecule has 0 aliphatic rings. The Balaban J connectivity index is 0.000000364. The van der Waals surface area contributed by atoms with Gasteiger partial charge in [-0.05, 0) is 0 Å². The van der Waals surface area contributed by atoms with Crippen molar-refractivity contribution in [1.29, 1.82) is 0 Å². The van der Waals surface area contributed by atoms with Crippen molar-refractivity contribution >= 4 is 5.78 Å². The SMILES string of the molecule is O=C(CO)c1ccccc1.OCCO. The Hall–Kier alpha value is -1.23. The maximum absolute atomic E-state index is 10.8. The number of Topliss-reactive ketones (excluding diaryl/α,β-unsaturated/α-hetero) is 1. The molecule has 0 aliphatic heterocycles. The predicted molar refractivity (Wildman–Crippen MR) is 52.0 cm³/mol. The number of benzene rings is 1. The Morgan fingerprint density at radius 3 is 1.86 bits per heavy atom. The maximum atomic E-state index is 10.8. The van der Waals surface area contributed by atoms with E-state index in [1.54, 1.807) is 24.3 Å². The number of hydrogen-bond donors (Lipinski definition) is 3. The third-order valence-electron chi connectivity index (χ3n) is 1.34. The Morgan fingerprint density at radius 1 is 1.00 bits per heavy atom. The monoisotopic (exact) mass is 198 g/mol. The quantitative estimate of drug-likeness (QED) is 0.589. The van der Waals surface area contributed by atoms with Crippen LogP contribution in [0, 0.1) is 0 Å². The van der Waals surface area contributed by atoms with E-state index >= 15 is 0 Å². The highest BCUT2D eigenvalue weighted by Crippen LogP contribution is 1.97. The standard InChI is InChI=1S/C8H8O2.C2H6O2/c9-6-8(10)7-4-2-1-3-5-7;3-1-2-4/h1-5,9H,6H2;3-4H,1-2H2. The molecular formula is C10H14O4. The fourth-order valence-electron chi connectivity index (χ4n) is 0.715. The lowest BCUT2D eigenvalue weighted by Gasteiger charge is -1.93. The van der Waals surface area contributed by atoms with Crippen LogP contribution in [0.3, 0.4) is 0 Å². The smallest absolute Gasteiger partial charge is 0.188 e. The molecule has 1 rings (SSSR count). The minimum atomic E-state index is -0.413. The molecule has 0 spiro atoms. The normalized spacial score (nSPS) is 8.79. The van der Waals surface area contributed by atoms with Crippen molar-refractivity contribution in [3.05, 3.63) is 35.9 Å². The molecule has 0 saturated carbocycles. The second-order valence-electron chi connectivity index (χ2n) is 2.39. The lowest BCUT2D eigenvalue weighted by molar-refractivity contribution is 0.0904. The second-order valence-corrected chi connectivity index (χ2v) is 2.39. The van der Waals surface area contributed by atoms with E-state index in [2.05, 4.69) is 0 Å². The van der Waals surface area contributed by atoms with Crippen molar-refractivity contribution < 1.29 is 20.1 Å². The first-order valence-corrected chi connectivity index (χ1v) is 4.17. The highest BCUT2D eigenvalue weighted by atomic mass is 16.3. The number of ketones is 1. The van der Waals surface area contributed by atoms with E-state index in [0.29, 0.717) is 5.56 Å². The van der Waals surface area contributed by atoms with E-state index in [4.69, 9.17) is 15.3 Å². The van der Waals surface area contributed by atoms with Crippen molar-refractivity contribution in [2.75, 3.05) is 19.8 Å². The van der Waals surface area contributed by atoms with Crippen LogP contribution in [0.2, 0.25) is 0 Å². The molecule has 4 nitrogen and oxygen atoms in total. The number of hydrogen-bond acceptors (Lipinski definition) is 4. The molecule has 3 N–H and O–H groups in total. The van der Waals surface area contributed by atoms with E-state index in [1.807, 2.05) is 6.07 Å². The van der Waals surface area contributed by atoms with Crippen LogP contribution in [-0.4, -0.2) is 40.9 Å². The summed E-state index contributed by atoms with van der Waals surface area (Å²) in [5.74, 6) is -0.236. The third kappa shape index (κ3) is 5.42. The highest BCUT2D eigenvalue weighted by molar-refractivity contribution is 5.96. The third-order valence-corrected chi connectivity index (χ3v) is 1.34. The molecule has 0 aliphatic carbocycles. The van der Waals surface area contributed by atoms with Gasteiger partial charge in [-0.3, -0.25) is 4.79 Å². The lowest BCUT2D eigenvalue weighted by atomic mass is 10.1. The zero-order valence-corrected chi connectivity index (χ0v) is 7.76. The van der Waals surface area contributed by atoms with Gasteiger partial charge in [0.15, 0.2) is 5.78 Å². The number of aliphatic hydroxyl groups is 3. The van der Waals surface area contributed by atoms with E-state index in [9.17, 15) is 4.79 Å². The molecule has 0 radical (unpaired) electrons. The van der Waals surface area contributed by atoms with Gasteiger partial charge >= 0.3 is 0 Å². The summed E-state index contributed by atoms with van der Waals surface area (Å²) >= 11 is 0. The molecule has 78 valence electrons. The zero-order valence-electron chi connectivity index (χ0n) is 7.76. The lowest BCUT2D eigenvalue weighted by Crippen LogP contribution is -2.02. The molecule has 14 heavy (non-hydrogen) atoms. The minimum Gasteiger partial charge on any atom is -0.394 e. The average Bonchev–Trinajstić information content (AvgIpc) is 2.29. The van der Waals surface area contributed by atoms with Gasteiger partial charge in [0.25, 0.3) is 0 Å². The van der Waals surface area contributed by atoms with Crippen LogP contribution in [0.15, 0.2) is 30.3 Å². The molecule has 0 atom stereocenters. The Bertz CT molecular complexity index is 244. The Kier molecular flexibility index (Phi) is 7.64. The van der Waals surface area contributed by atoms with Crippen LogP contribution in [0.1, 0.15) is 10.4 Å². The predicted octanol–water partition coefficient (Wildman–Crippen LogP) is -0.167. The first-order chi connectivity index (χ1) is 6.76. The van der Waals surface area contributed by atoms with Crippen molar-refractivity contribution in [3.63, 3.8) is 0 Å². The fraction of sp³-hybridized carbons (Fsp3) is 0.300. The van der Waals surface area contributed by atoms with E-state index in [-0.39, 0.29) is 19.0 Å². The van der Waals surface area contributed by atoms with Gasteiger partial charge in [0.1, 0.15) is 6.61 Å². The number of carbonyl (C=O) groups excluding carboxylic acids is 1. The van der Waals surface area contributed by atoms with Gasteiger partial charge in [-0.15, -0.1) is 0 Å². The van der Waals surface area contributed by atoms with Gasteiger partial charge in [-0.25, -0.2) is 0 Å². The minimum absolute atomic E-state index is 0.125. The number of rotatable bonds is 3. The highest BCUT2D eigenvalue weighted by Gasteiger charge is 1.99. The van der Waals surface area contributed by atoms with Crippen LogP contribution in [0.4, 0.5) is 0 Å². The van der Waals surface area contributed by atoms with Gasteiger partial charge in [-0.1, -0.05) is 30.3 Å². The topological polar surface area (TPSA) is 77.8 Å². The van der Waals surface area contributed by atoms with Crippen LogP contribution >= 0.6 is 0 Å². The van der Waals surface area contributed by atoms with Crippen molar-refractivity contribution in [1.82, 2.24) is 0 Å². The van der Waals surface area contributed by atoms with Gasteiger partial charge in [-0.2, -0.15) is 0 Å². The number of aliphatic hydroxyl groups excluding tert-OH is 3. The van der Waals surface area contributed by atoms with Crippen molar-refractivity contribution in [2.45, 2.75) is 0 Å².